The van der Waals surface area contributed by atoms with Crippen molar-refractivity contribution in [1.29, 1.82) is 0 Å². The molecule has 3 aliphatic rings. The number of para-hydroxylation sites is 1. The Balaban J connectivity index is 1.42. The maximum absolute atomic E-state index is 12.9. The van der Waals surface area contributed by atoms with E-state index in [1.807, 2.05) is 28.0 Å². The van der Waals surface area contributed by atoms with E-state index in [9.17, 15) is 9.59 Å². The molecule has 6 nitrogen and oxygen atoms in total. The van der Waals surface area contributed by atoms with Gasteiger partial charge in [0.25, 0.3) is 0 Å². The molecule has 3 aliphatic heterocycles. The highest BCUT2D eigenvalue weighted by Crippen LogP contribution is 2.46. The molecule has 1 spiro atoms. The van der Waals surface area contributed by atoms with Gasteiger partial charge in [0.15, 0.2) is 0 Å². The predicted molar refractivity (Wildman–Crippen MR) is 117 cm³/mol. The number of carbonyl (C=O) groups is 2. The van der Waals surface area contributed by atoms with Crippen LogP contribution in [0.5, 0.6) is 5.75 Å². The molecule has 0 aromatic heterocycles. The second-order valence-corrected chi connectivity index (χ2v) is 9.09. The van der Waals surface area contributed by atoms with E-state index in [4.69, 9.17) is 4.74 Å². The second kappa shape index (κ2) is 9.27. The molecular weight excluding hydrogens is 378 g/mol. The molecule has 6 heteroatoms. The van der Waals surface area contributed by atoms with Crippen LogP contribution in [0.4, 0.5) is 4.79 Å². The lowest BCUT2D eigenvalue weighted by molar-refractivity contribution is -0.131. The molecule has 0 aliphatic carbocycles. The van der Waals surface area contributed by atoms with E-state index < -0.39 is 0 Å². The number of unbranched alkanes of at least 4 members (excludes halogenated alkanes) is 1. The summed E-state index contributed by atoms with van der Waals surface area (Å²) in [6.07, 6.45) is 7.38. The van der Waals surface area contributed by atoms with Crippen molar-refractivity contribution >= 4 is 11.9 Å². The summed E-state index contributed by atoms with van der Waals surface area (Å²) < 4.78 is 6.54. The largest absolute Gasteiger partial charge is 0.487 e. The van der Waals surface area contributed by atoms with Crippen LogP contribution < -0.4 is 10.1 Å². The minimum atomic E-state index is -0.273. The molecule has 2 fully saturated rings. The Morgan fingerprint density at radius 1 is 1.10 bits per heavy atom. The normalized spacial score (nSPS) is 22.5. The molecule has 3 amide bonds. The van der Waals surface area contributed by atoms with Crippen molar-refractivity contribution in [2.45, 2.75) is 69.8 Å². The third-order valence-electron chi connectivity index (χ3n) is 6.95. The first kappa shape index (κ1) is 21.0. The number of likely N-dealkylation sites (tertiary alicyclic amines) is 2. The molecule has 30 heavy (non-hydrogen) atoms. The summed E-state index contributed by atoms with van der Waals surface area (Å²) in [7, 11) is 0. The molecule has 4 rings (SSSR count). The number of nitrogens with one attached hydrogen (secondary N) is 1. The third kappa shape index (κ3) is 4.57. The fourth-order valence-corrected chi connectivity index (χ4v) is 5.14. The van der Waals surface area contributed by atoms with Crippen LogP contribution in [0.3, 0.4) is 0 Å². The number of benzene rings is 1. The Bertz CT molecular complexity index is 752. The van der Waals surface area contributed by atoms with Gasteiger partial charge in [-0.15, -0.1) is 0 Å². The van der Waals surface area contributed by atoms with Gasteiger partial charge in [0.05, 0.1) is 0 Å². The monoisotopic (exact) mass is 413 g/mol. The first-order valence-electron chi connectivity index (χ1n) is 11.7. The molecule has 1 atom stereocenters. The smallest absolute Gasteiger partial charge is 0.317 e. The van der Waals surface area contributed by atoms with Crippen molar-refractivity contribution < 1.29 is 14.3 Å². The van der Waals surface area contributed by atoms with Gasteiger partial charge >= 0.3 is 6.03 Å². The van der Waals surface area contributed by atoms with Gasteiger partial charge in [0, 0.05) is 57.9 Å². The van der Waals surface area contributed by atoms with Gasteiger partial charge in [-0.05, 0) is 37.3 Å². The molecule has 0 bridgehead atoms. The molecule has 2 saturated heterocycles. The minimum absolute atomic E-state index is 0.0373. The van der Waals surface area contributed by atoms with Gasteiger partial charge < -0.3 is 19.9 Å². The zero-order valence-electron chi connectivity index (χ0n) is 18.2. The predicted octanol–water partition coefficient (Wildman–Crippen LogP) is 3.91. The summed E-state index contributed by atoms with van der Waals surface area (Å²) in [6, 6.07) is 8.23. The molecule has 0 unspecified atom stereocenters. The topological polar surface area (TPSA) is 61.9 Å². The Morgan fingerprint density at radius 3 is 2.57 bits per heavy atom. The van der Waals surface area contributed by atoms with E-state index in [0.29, 0.717) is 19.5 Å². The van der Waals surface area contributed by atoms with Gasteiger partial charge in [-0.2, -0.15) is 0 Å². The zero-order valence-corrected chi connectivity index (χ0v) is 18.2. The summed E-state index contributed by atoms with van der Waals surface area (Å²) in [5.41, 5.74) is 0.889. The Labute approximate surface area is 179 Å². The van der Waals surface area contributed by atoms with Gasteiger partial charge in [0.1, 0.15) is 11.4 Å². The summed E-state index contributed by atoms with van der Waals surface area (Å²) in [5, 5.41) is 3.02. The van der Waals surface area contributed by atoms with E-state index in [2.05, 4.69) is 18.3 Å². The van der Waals surface area contributed by atoms with Gasteiger partial charge in [-0.1, -0.05) is 31.5 Å². The van der Waals surface area contributed by atoms with Crippen LogP contribution in [0.1, 0.15) is 69.8 Å². The SMILES string of the molecule is CCCCNC(=O)N1CCC2(CC1)C[C@H](CC(=O)N1CCCC1)c1ccccc1O2. The van der Waals surface area contributed by atoms with Crippen LogP contribution in [-0.2, 0) is 4.79 Å². The highest BCUT2D eigenvalue weighted by molar-refractivity contribution is 5.77. The first-order valence-corrected chi connectivity index (χ1v) is 11.7. The molecule has 0 radical (unpaired) electrons. The fraction of sp³-hybridized carbons (Fsp3) is 0.667. The minimum Gasteiger partial charge on any atom is -0.487 e. The number of carbonyl (C=O) groups excluding carboxylic acids is 2. The summed E-state index contributed by atoms with van der Waals surface area (Å²) >= 11 is 0. The number of ether oxygens (including phenoxy) is 1. The lowest BCUT2D eigenvalue weighted by Crippen LogP contribution is -2.54. The van der Waals surface area contributed by atoms with Crippen LogP contribution in [-0.4, -0.2) is 60.1 Å². The number of piperidine rings is 1. The lowest BCUT2D eigenvalue weighted by atomic mass is 9.76. The summed E-state index contributed by atoms with van der Waals surface area (Å²) in [5.74, 6) is 1.38. The zero-order chi connectivity index (χ0) is 21.0. The maximum Gasteiger partial charge on any atom is 0.317 e. The van der Waals surface area contributed by atoms with Crippen molar-refractivity contribution in [3.8, 4) is 5.75 Å². The quantitative estimate of drug-likeness (QED) is 0.745. The van der Waals surface area contributed by atoms with Crippen LogP contribution >= 0.6 is 0 Å². The average molecular weight is 414 g/mol. The molecule has 0 saturated carbocycles. The van der Waals surface area contributed by atoms with Crippen molar-refractivity contribution in [3.63, 3.8) is 0 Å². The lowest BCUT2D eigenvalue weighted by Gasteiger charge is -2.47. The van der Waals surface area contributed by atoms with E-state index in [1.165, 1.54) is 0 Å². The van der Waals surface area contributed by atoms with E-state index in [-0.39, 0.29) is 23.5 Å². The fourth-order valence-electron chi connectivity index (χ4n) is 5.14. The Morgan fingerprint density at radius 2 is 1.83 bits per heavy atom. The third-order valence-corrected chi connectivity index (χ3v) is 6.95. The summed E-state index contributed by atoms with van der Waals surface area (Å²) in [4.78, 5) is 29.2. The molecular formula is C24H35N3O3. The standard InChI is InChI=1S/C24H35N3O3/c1-2-3-12-25-23(29)27-15-10-24(11-16-27)18-19(17-22(28)26-13-6-7-14-26)20-8-4-5-9-21(20)30-24/h4-5,8-9,19H,2-3,6-7,10-18H2,1H3,(H,25,29)/t19-/m0/s1. The van der Waals surface area contributed by atoms with E-state index in [0.717, 1.165) is 75.9 Å². The van der Waals surface area contributed by atoms with E-state index >= 15 is 0 Å². The number of rotatable bonds is 5. The van der Waals surface area contributed by atoms with Crippen LogP contribution in [0.2, 0.25) is 0 Å². The number of amides is 3. The number of urea groups is 1. The van der Waals surface area contributed by atoms with Crippen molar-refractivity contribution in [2.24, 2.45) is 0 Å². The average Bonchev–Trinajstić information content (AvgIpc) is 3.29. The Hall–Kier alpha value is -2.24. The molecule has 1 N–H and O–H groups in total. The number of hydrogen-bond donors (Lipinski definition) is 1. The molecule has 1 aromatic carbocycles. The molecule has 1 aromatic rings. The Kier molecular flexibility index (Phi) is 6.49. The van der Waals surface area contributed by atoms with E-state index in [1.54, 1.807) is 0 Å². The van der Waals surface area contributed by atoms with Crippen LogP contribution in [0, 0.1) is 0 Å². The number of nitrogens with zero attached hydrogens (tertiary/aromatic N) is 2. The number of fused-ring (bicyclic) bond motifs is 1. The highest BCUT2D eigenvalue weighted by atomic mass is 16.5. The van der Waals surface area contributed by atoms with Crippen LogP contribution in [0.25, 0.3) is 0 Å². The highest BCUT2D eigenvalue weighted by Gasteiger charge is 2.44. The molecule has 3 heterocycles. The van der Waals surface area contributed by atoms with Crippen molar-refractivity contribution in [2.75, 3.05) is 32.7 Å². The van der Waals surface area contributed by atoms with Crippen molar-refractivity contribution in [3.05, 3.63) is 29.8 Å². The van der Waals surface area contributed by atoms with Crippen LogP contribution in [0.15, 0.2) is 24.3 Å². The second-order valence-electron chi connectivity index (χ2n) is 9.09. The van der Waals surface area contributed by atoms with Gasteiger partial charge in [-0.3, -0.25) is 4.79 Å². The van der Waals surface area contributed by atoms with Crippen molar-refractivity contribution in [1.82, 2.24) is 15.1 Å². The first-order chi connectivity index (χ1) is 14.6. The summed E-state index contributed by atoms with van der Waals surface area (Å²) in [6.45, 7) is 6.06. The molecule has 164 valence electrons. The van der Waals surface area contributed by atoms with Gasteiger partial charge in [-0.25, -0.2) is 4.79 Å². The maximum atomic E-state index is 12.9. The van der Waals surface area contributed by atoms with Gasteiger partial charge in [0.2, 0.25) is 5.91 Å². The number of hydrogen-bond acceptors (Lipinski definition) is 3.